The molecule has 3 N–H and O–H groups in total. The lowest BCUT2D eigenvalue weighted by molar-refractivity contribution is -0.118. The molecule has 0 fully saturated rings. The number of hydrogen-bond acceptors (Lipinski definition) is 5. The first-order chi connectivity index (χ1) is 9.85. The van der Waals surface area contributed by atoms with Gasteiger partial charge < -0.3 is 25.4 Å². The summed E-state index contributed by atoms with van der Waals surface area (Å²) in [5.74, 6) is 0.555. The third-order valence-corrected chi connectivity index (χ3v) is 3.17. The van der Waals surface area contributed by atoms with Crippen molar-refractivity contribution in [2.75, 3.05) is 39.1 Å². The predicted molar refractivity (Wildman–Crippen MR) is 81.5 cm³/mol. The molecule has 0 spiro atoms. The van der Waals surface area contributed by atoms with Gasteiger partial charge in [0, 0.05) is 19.6 Å². The molecular formula is C15H23N3O3. The van der Waals surface area contributed by atoms with E-state index < -0.39 is 5.60 Å². The van der Waals surface area contributed by atoms with Crippen LogP contribution < -0.4 is 15.4 Å². The van der Waals surface area contributed by atoms with Crippen molar-refractivity contribution in [3.63, 3.8) is 0 Å². The summed E-state index contributed by atoms with van der Waals surface area (Å²) in [5, 5.41) is 16.2. The summed E-state index contributed by atoms with van der Waals surface area (Å²) in [6, 6.07) is 5.69. The second-order valence-corrected chi connectivity index (χ2v) is 6.01. The van der Waals surface area contributed by atoms with Gasteiger partial charge in [-0.2, -0.15) is 0 Å². The number of nitrogens with zero attached hydrogens (tertiary/aromatic N) is 1. The van der Waals surface area contributed by atoms with E-state index in [2.05, 4.69) is 10.6 Å². The molecule has 1 aromatic rings. The molecule has 0 aliphatic carbocycles. The van der Waals surface area contributed by atoms with E-state index in [9.17, 15) is 9.90 Å². The Labute approximate surface area is 125 Å². The molecule has 21 heavy (non-hydrogen) atoms. The summed E-state index contributed by atoms with van der Waals surface area (Å²) in [6.45, 7) is 3.57. The lowest BCUT2D eigenvalue weighted by Crippen LogP contribution is -2.45. The van der Waals surface area contributed by atoms with Crippen LogP contribution in [0.3, 0.4) is 0 Å². The zero-order valence-electron chi connectivity index (χ0n) is 12.8. The number of fused-ring (bicyclic) bond motifs is 1. The molecule has 1 aliphatic heterocycles. The van der Waals surface area contributed by atoms with Gasteiger partial charge in [0.25, 0.3) is 5.91 Å². The molecule has 0 bridgehead atoms. The number of likely N-dealkylation sites (N-methyl/N-ethyl adjacent to an activating group) is 1. The van der Waals surface area contributed by atoms with Crippen LogP contribution in [-0.2, 0) is 11.3 Å². The van der Waals surface area contributed by atoms with E-state index in [0.717, 1.165) is 5.56 Å². The predicted octanol–water partition coefficient (Wildman–Crippen LogP) is 0.420. The Bertz CT molecular complexity index is 515. The first kappa shape index (κ1) is 15.8. The summed E-state index contributed by atoms with van der Waals surface area (Å²) >= 11 is 0. The average Bonchev–Trinajstić information content (AvgIpc) is 2.36. The SMILES string of the molecule is CN(C)CC(C)(O)CNCc1ccc2c(c1)NC(=O)CO2. The number of carbonyl (C=O) groups is 1. The summed E-state index contributed by atoms with van der Waals surface area (Å²) in [4.78, 5) is 13.2. The van der Waals surface area contributed by atoms with Crippen molar-refractivity contribution < 1.29 is 14.6 Å². The Morgan fingerprint density at radius 2 is 2.24 bits per heavy atom. The summed E-state index contributed by atoms with van der Waals surface area (Å²) in [5.41, 5.74) is 0.945. The highest BCUT2D eigenvalue weighted by Gasteiger charge is 2.21. The first-order valence-corrected chi connectivity index (χ1v) is 6.99. The van der Waals surface area contributed by atoms with Gasteiger partial charge in [0.15, 0.2) is 6.61 Å². The minimum absolute atomic E-state index is 0.0675. The Balaban J connectivity index is 1.89. The fraction of sp³-hybridized carbons (Fsp3) is 0.533. The highest BCUT2D eigenvalue weighted by Crippen LogP contribution is 2.28. The molecule has 1 amide bonds. The van der Waals surface area contributed by atoms with Crippen LogP contribution in [0.4, 0.5) is 5.69 Å². The number of nitrogens with one attached hydrogen (secondary N) is 2. The molecule has 116 valence electrons. The molecule has 0 saturated heterocycles. The zero-order chi connectivity index (χ0) is 15.5. The molecule has 1 unspecified atom stereocenters. The summed E-state index contributed by atoms with van der Waals surface area (Å²) < 4.78 is 5.32. The van der Waals surface area contributed by atoms with Crippen LogP contribution >= 0.6 is 0 Å². The van der Waals surface area contributed by atoms with Crippen LogP contribution in [0.1, 0.15) is 12.5 Å². The van der Waals surface area contributed by atoms with Crippen LogP contribution in [0.15, 0.2) is 18.2 Å². The van der Waals surface area contributed by atoms with Crippen LogP contribution in [0.5, 0.6) is 5.75 Å². The lowest BCUT2D eigenvalue weighted by atomic mass is 10.1. The van der Waals surface area contributed by atoms with E-state index in [1.165, 1.54) is 0 Å². The first-order valence-electron chi connectivity index (χ1n) is 6.99. The number of hydrogen-bond donors (Lipinski definition) is 3. The minimum atomic E-state index is -0.783. The van der Waals surface area contributed by atoms with Crippen molar-refractivity contribution in [2.45, 2.75) is 19.1 Å². The Hall–Kier alpha value is -1.63. The zero-order valence-corrected chi connectivity index (χ0v) is 12.8. The van der Waals surface area contributed by atoms with Gasteiger partial charge in [-0.3, -0.25) is 4.79 Å². The minimum Gasteiger partial charge on any atom is -0.482 e. The summed E-state index contributed by atoms with van der Waals surface area (Å²) in [7, 11) is 3.86. The van der Waals surface area contributed by atoms with Crippen LogP contribution in [0.2, 0.25) is 0 Å². The molecule has 1 atom stereocenters. The van der Waals surface area contributed by atoms with E-state index in [4.69, 9.17) is 4.74 Å². The Morgan fingerprint density at radius 3 is 2.95 bits per heavy atom. The van der Waals surface area contributed by atoms with Gasteiger partial charge in [-0.15, -0.1) is 0 Å². The van der Waals surface area contributed by atoms with Crippen molar-refractivity contribution in [2.24, 2.45) is 0 Å². The van der Waals surface area contributed by atoms with Crippen molar-refractivity contribution >= 4 is 11.6 Å². The lowest BCUT2D eigenvalue weighted by Gasteiger charge is -2.27. The monoisotopic (exact) mass is 293 g/mol. The van der Waals surface area contributed by atoms with Crippen LogP contribution in [-0.4, -0.2) is 55.3 Å². The topological polar surface area (TPSA) is 73.8 Å². The van der Waals surface area contributed by atoms with E-state index in [1.807, 2.05) is 37.2 Å². The molecule has 0 saturated carbocycles. The number of rotatable bonds is 6. The number of anilines is 1. The standard InChI is InChI=1S/C15H23N3O3/c1-15(20,10-18(2)3)9-16-7-11-4-5-13-12(6-11)17-14(19)8-21-13/h4-6,16,20H,7-10H2,1-3H3,(H,17,19). The highest BCUT2D eigenvalue weighted by molar-refractivity contribution is 5.95. The Morgan fingerprint density at radius 1 is 1.48 bits per heavy atom. The fourth-order valence-corrected chi connectivity index (χ4v) is 2.45. The molecule has 6 heteroatoms. The van der Waals surface area contributed by atoms with E-state index in [0.29, 0.717) is 31.1 Å². The van der Waals surface area contributed by atoms with E-state index in [1.54, 1.807) is 6.92 Å². The molecule has 0 radical (unpaired) electrons. The quantitative estimate of drug-likeness (QED) is 0.709. The number of ether oxygens (including phenoxy) is 1. The largest absolute Gasteiger partial charge is 0.482 e. The van der Waals surface area contributed by atoms with Crippen molar-refractivity contribution in [3.05, 3.63) is 23.8 Å². The van der Waals surface area contributed by atoms with Crippen molar-refractivity contribution in [1.29, 1.82) is 0 Å². The molecule has 1 heterocycles. The number of amides is 1. The van der Waals surface area contributed by atoms with Gasteiger partial charge >= 0.3 is 0 Å². The maximum absolute atomic E-state index is 11.3. The molecule has 1 aliphatic rings. The maximum atomic E-state index is 11.3. The highest BCUT2D eigenvalue weighted by atomic mass is 16.5. The second kappa shape index (κ2) is 6.43. The fourth-order valence-electron chi connectivity index (χ4n) is 2.45. The van der Waals surface area contributed by atoms with E-state index in [-0.39, 0.29) is 12.5 Å². The van der Waals surface area contributed by atoms with Gasteiger partial charge in [-0.05, 0) is 38.7 Å². The molecule has 2 rings (SSSR count). The molecular weight excluding hydrogens is 270 g/mol. The van der Waals surface area contributed by atoms with Gasteiger partial charge in [0.1, 0.15) is 5.75 Å². The van der Waals surface area contributed by atoms with Gasteiger partial charge in [0.2, 0.25) is 0 Å². The third kappa shape index (κ3) is 4.70. The van der Waals surface area contributed by atoms with Crippen LogP contribution in [0.25, 0.3) is 0 Å². The van der Waals surface area contributed by atoms with Crippen molar-refractivity contribution in [3.8, 4) is 5.75 Å². The summed E-state index contributed by atoms with van der Waals surface area (Å²) in [6.07, 6.45) is 0. The van der Waals surface area contributed by atoms with Gasteiger partial charge in [0.05, 0.1) is 11.3 Å². The van der Waals surface area contributed by atoms with Crippen molar-refractivity contribution in [1.82, 2.24) is 10.2 Å². The van der Waals surface area contributed by atoms with Crippen LogP contribution in [0, 0.1) is 0 Å². The molecule has 6 nitrogen and oxygen atoms in total. The Kier molecular flexibility index (Phi) is 4.82. The van der Waals surface area contributed by atoms with Gasteiger partial charge in [-0.1, -0.05) is 6.07 Å². The smallest absolute Gasteiger partial charge is 0.262 e. The second-order valence-electron chi connectivity index (χ2n) is 6.01. The van der Waals surface area contributed by atoms with Gasteiger partial charge in [-0.25, -0.2) is 0 Å². The number of benzene rings is 1. The normalized spacial score (nSPS) is 16.9. The third-order valence-electron chi connectivity index (χ3n) is 3.17. The average molecular weight is 293 g/mol. The molecule has 0 aromatic heterocycles. The van der Waals surface area contributed by atoms with E-state index >= 15 is 0 Å². The molecule has 1 aromatic carbocycles. The number of aliphatic hydroxyl groups is 1. The number of carbonyl (C=O) groups excluding carboxylic acids is 1. The maximum Gasteiger partial charge on any atom is 0.262 e.